The van der Waals surface area contributed by atoms with E-state index in [2.05, 4.69) is 0 Å². The van der Waals surface area contributed by atoms with Gasteiger partial charge >= 0.3 is 5.97 Å². The quantitative estimate of drug-likeness (QED) is 0.368. The number of benzene rings is 3. The number of aryl methyl sites for hydroxylation is 1. The molecular formula is C24H19NO5. The highest BCUT2D eigenvalue weighted by Crippen LogP contribution is 2.35. The maximum Gasteiger partial charge on any atom is 0.315 e. The van der Waals surface area contributed by atoms with E-state index in [-0.39, 0.29) is 17.9 Å². The van der Waals surface area contributed by atoms with Gasteiger partial charge in [-0.15, -0.1) is 0 Å². The molecule has 6 heteroatoms. The highest BCUT2D eigenvalue weighted by molar-refractivity contribution is 6.34. The molecule has 0 saturated carbocycles. The maximum absolute atomic E-state index is 12.8. The third kappa shape index (κ3) is 3.55. The lowest BCUT2D eigenvalue weighted by molar-refractivity contribution is -0.133. The van der Waals surface area contributed by atoms with Crippen molar-refractivity contribution in [3.05, 3.63) is 89.0 Å². The van der Waals surface area contributed by atoms with E-state index in [0.717, 1.165) is 16.0 Å². The van der Waals surface area contributed by atoms with E-state index in [1.54, 1.807) is 73.8 Å². The molecule has 0 fully saturated rings. The average Bonchev–Trinajstić information content (AvgIpc) is 2.99. The van der Waals surface area contributed by atoms with Gasteiger partial charge in [-0.25, -0.2) is 4.90 Å². The number of carbonyl (C=O) groups is 3. The SMILES string of the molecule is COc1ccc(CC(=O)Oc2cc(C)ccc2N2C(=O)c3ccccc3C2=O)cc1. The fourth-order valence-corrected chi connectivity index (χ4v) is 3.36. The number of anilines is 1. The number of rotatable bonds is 5. The Morgan fingerprint density at radius 1 is 0.900 bits per heavy atom. The third-order valence-electron chi connectivity index (χ3n) is 4.88. The van der Waals surface area contributed by atoms with Crippen molar-refractivity contribution in [3.8, 4) is 11.5 Å². The molecule has 0 N–H and O–H groups in total. The number of fused-ring (bicyclic) bond motifs is 1. The van der Waals surface area contributed by atoms with E-state index in [1.807, 2.05) is 6.92 Å². The summed E-state index contributed by atoms with van der Waals surface area (Å²) < 4.78 is 10.7. The van der Waals surface area contributed by atoms with Crippen molar-refractivity contribution in [1.29, 1.82) is 0 Å². The Labute approximate surface area is 173 Å². The first-order valence-corrected chi connectivity index (χ1v) is 9.40. The maximum atomic E-state index is 12.8. The number of methoxy groups -OCH3 is 1. The second-order valence-corrected chi connectivity index (χ2v) is 6.96. The molecule has 0 aliphatic carbocycles. The second-order valence-electron chi connectivity index (χ2n) is 6.96. The highest BCUT2D eigenvalue weighted by atomic mass is 16.5. The van der Waals surface area contributed by atoms with Gasteiger partial charge in [-0.3, -0.25) is 14.4 Å². The van der Waals surface area contributed by atoms with Crippen LogP contribution in [0.25, 0.3) is 0 Å². The molecule has 0 spiro atoms. The summed E-state index contributed by atoms with van der Waals surface area (Å²) in [7, 11) is 1.57. The van der Waals surface area contributed by atoms with Crippen molar-refractivity contribution in [2.75, 3.05) is 12.0 Å². The molecule has 30 heavy (non-hydrogen) atoms. The Kier molecular flexibility index (Phi) is 5.06. The van der Waals surface area contributed by atoms with Gasteiger partial charge in [-0.2, -0.15) is 0 Å². The van der Waals surface area contributed by atoms with Crippen molar-refractivity contribution in [2.45, 2.75) is 13.3 Å². The zero-order valence-electron chi connectivity index (χ0n) is 16.5. The van der Waals surface area contributed by atoms with E-state index in [1.165, 1.54) is 0 Å². The normalized spacial score (nSPS) is 12.7. The van der Waals surface area contributed by atoms with Gasteiger partial charge in [-0.1, -0.05) is 30.3 Å². The fraction of sp³-hybridized carbons (Fsp3) is 0.125. The summed E-state index contributed by atoms with van der Waals surface area (Å²) in [5, 5.41) is 0. The van der Waals surface area contributed by atoms with Gasteiger partial charge in [-0.05, 0) is 54.4 Å². The Morgan fingerprint density at radius 3 is 2.13 bits per heavy atom. The molecule has 0 atom stereocenters. The van der Waals surface area contributed by atoms with E-state index in [9.17, 15) is 14.4 Å². The summed E-state index contributed by atoms with van der Waals surface area (Å²) in [6.45, 7) is 1.84. The second kappa shape index (κ2) is 7.83. The number of hydrogen-bond donors (Lipinski definition) is 0. The van der Waals surface area contributed by atoms with Gasteiger partial charge in [0.2, 0.25) is 0 Å². The smallest absolute Gasteiger partial charge is 0.315 e. The van der Waals surface area contributed by atoms with Gasteiger partial charge in [0.05, 0.1) is 30.3 Å². The summed E-state index contributed by atoms with van der Waals surface area (Å²) in [5.74, 6) is -0.510. The molecule has 1 aliphatic heterocycles. The monoisotopic (exact) mass is 401 g/mol. The van der Waals surface area contributed by atoms with Crippen LogP contribution in [0.1, 0.15) is 31.8 Å². The fourth-order valence-electron chi connectivity index (χ4n) is 3.36. The van der Waals surface area contributed by atoms with Crippen LogP contribution in [0.5, 0.6) is 11.5 Å². The minimum Gasteiger partial charge on any atom is -0.497 e. The van der Waals surface area contributed by atoms with Gasteiger partial charge in [0.25, 0.3) is 11.8 Å². The van der Waals surface area contributed by atoms with Crippen LogP contribution < -0.4 is 14.4 Å². The van der Waals surface area contributed by atoms with Gasteiger partial charge < -0.3 is 9.47 Å². The molecule has 0 aromatic heterocycles. The number of imide groups is 1. The Bertz CT molecular complexity index is 1120. The summed E-state index contributed by atoms with van der Waals surface area (Å²) in [5.41, 5.74) is 2.50. The molecule has 1 heterocycles. The summed E-state index contributed by atoms with van der Waals surface area (Å²) in [6.07, 6.45) is 0.0412. The van der Waals surface area contributed by atoms with Crippen LogP contribution >= 0.6 is 0 Å². The van der Waals surface area contributed by atoms with Crippen LogP contribution in [-0.2, 0) is 11.2 Å². The minimum absolute atomic E-state index is 0.0412. The van der Waals surface area contributed by atoms with Crippen LogP contribution in [0.3, 0.4) is 0 Å². The molecule has 4 rings (SSSR count). The zero-order chi connectivity index (χ0) is 21.3. The molecular weight excluding hydrogens is 382 g/mol. The van der Waals surface area contributed by atoms with Gasteiger partial charge in [0.1, 0.15) is 5.75 Å². The number of hydrogen-bond acceptors (Lipinski definition) is 5. The lowest BCUT2D eigenvalue weighted by Gasteiger charge is -2.18. The van der Waals surface area contributed by atoms with Crippen LogP contribution in [0.4, 0.5) is 5.69 Å². The Hall–Kier alpha value is -3.93. The minimum atomic E-state index is -0.497. The lowest BCUT2D eigenvalue weighted by Crippen LogP contribution is -2.30. The Balaban J connectivity index is 1.60. The largest absolute Gasteiger partial charge is 0.497 e. The third-order valence-corrected chi connectivity index (χ3v) is 4.88. The summed E-state index contributed by atoms with van der Waals surface area (Å²) >= 11 is 0. The lowest BCUT2D eigenvalue weighted by atomic mass is 10.1. The highest BCUT2D eigenvalue weighted by Gasteiger charge is 2.38. The standard InChI is InChI=1S/C24H19NO5/c1-15-7-12-20(25-23(27)18-5-3-4-6-19(18)24(25)28)21(13-15)30-22(26)14-16-8-10-17(29-2)11-9-16/h3-13H,14H2,1-2H3. The first-order chi connectivity index (χ1) is 14.5. The zero-order valence-corrected chi connectivity index (χ0v) is 16.5. The summed E-state index contributed by atoms with van der Waals surface area (Å²) in [4.78, 5) is 39.3. The van der Waals surface area contributed by atoms with Crippen molar-refractivity contribution < 1.29 is 23.9 Å². The number of carbonyl (C=O) groups excluding carboxylic acids is 3. The first kappa shape index (κ1) is 19.4. The van der Waals surface area contributed by atoms with Crippen molar-refractivity contribution in [1.82, 2.24) is 0 Å². The van der Waals surface area contributed by atoms with Crippen LogP contribution in [-0.4, -0.2) is 24.9 Å². The average molecular weight is 401 g/mol. The molecule has 1 aliphatic rings. The first-order valence-electron chi connectivity index (χ1n) is 9.40. The number of ether oxygens (including phenoxy) is 2. The van der Waals surface area contributed by atoms with E-state index in [0.29, 0.717) is 16.9 Å². The van der Waals surface area contributed by atoms with Crippen LogP contribution in [0, 0.1) is 6.92 Å². The van der Waals surface area contributed by atoms with Crippen molar-refractivity contribution in [2.24, 2.45) is 0 Å². The molecule has 6 nitrogen and oxygen atoms in total. The molecule has 0 radical (unpaired) electrons. The number of amides is 2. The molecule has 0 bridgehead atoms. The predicted octanol–water partition coefficient (Wildman–Crippen LogP) is 3.95. The van der Waals surface area contributed by atoms with Crippen LogP contribution in [0.2, 0.25) is 0 Å². The predicted molar refractivity (Wildman–Crippen MR) is 111 cm³/mol. The number of esters is 1. The van der Waals surface area contributed by atoms with Gasteiger partial charge in [0.15, 0.2) is 5.75 Å². The Morgan fingerprint density at radius 2 is 1.53 bits per heavy atom. The molecule has 3 aromatic carbocycles. The summed E-state index contributed by atoms with van der Waals surface area (Å²) in [6, 6.07) is 18.7. The van der Waals surface area contributed by atoms with E-state index in [4.69, 9.17) is 9.47 Å². The molecule has 2 amide bonds. The molecule has 150 valence electrons. The molecule has 3 aromatic rings. The topological polar surface area (TPSA) is 72.9 Å². The number of nitrogens with zero attached hydrogens (tertiary/aromatic N) is 1. The van der Waals surface area contributed by atoms with E-state index >= 15 is 0 Å². The van der Waals surface area contributed by atoms with Crippen molar-refractivity contribution in [3.63, 3.8) is 0 Å². The van der Waals surface area contributed by atoms with Gasteiger partial charge in [0, 0.05) is 0 Å². The van der Waals surface area contributed by atoms with Crippen LogP contribution in [0.15, 0.2) is 66.7 Å². The van der Waals surface area contributed by atoms with Crippen molar-refractivity contribution >= 4 is 23.5 Å². The molecule has 0 unspecified atom stereocenters. The van der Waals surface area contributed by atoms with E-state index < -0.39 is 17.8 Å². The molecule has 0 saturated heterocycles.